The predicted molar refractivity (Wildman–Crippen MR) is 110 cm³/mol. The summed E-state index contributed by atoms with van der Waals surface area (Å²) in [5.74, 6) is 0.273. The standard InChI is InChI=1S/C19H18N4O2S2/c1-12-8-13(2)10-14(9-12)20-17(24)11-27-18-6-5-16(22-23-18)21-19(25)15-4-3-7-26-15/h3-10H,11H2,1-2H3,(H,20,24)(H,21,22,25). The van der Waals surface area contributed by atoms with E-state index in [1.54, 1.807) is 18.2 Å². The minimum atomic E-state index is -0.215. The highest BCUT2D eigenvalue weighted by molar-refractivity contribution is 7.99. The topological polar surface area (TPSA) is 84.0 Å². The summed E-state index contributed by atoms with van der Waals surface area (Å²) < 4.78 is 0. The van der Waals surface area contributed by atoms with E-state index in [4.69, 9.17) is 0 Å². The number of benzene rings is 1. The van der Waals surface area contributed by atoms with Crippen molar-refractivity contribution in [2.24, 2.45) is 0 Å². The van der Waals surface area contributed by atoms with Crippen LogP contribution in [0.1, 0.15) is 20.8 Å². The van der Waals surface area contributed by atoms with Crippen molar-refractivity contribution < 1.29 is 9.59 Å². The first kappa shape index (κ1) is 19.1. The van der Waals surface area contributed by atoms with Crippen LogP contribution in [0.2, 0.25) is 0 Å². The second kappa shape index (κ2) is 8.79. The number of nitrogens with zero attached hydrogens (tertiary/aromatic N) is 2. The lowest BCUT2D eigenvalue weighted by molar-refractivity contribution is -0.113. The van der Waals surface area contributed by atoms with Crippen molar-refractivity contribution in [2.45, 2.75) is 18.9 Å². The number of amides is 2. The Kier molecular flexibility index (Phi) is 6.20. The van der Waals surface area contributed by atoms with Crippen molar-refractivity contribution in [3.63, 3.8) is 0 Å². The van der Waals surface area contributed by atoms with Crippen molar-refractivity contribution >= 4 is 46.4 Å². The smallest absolute Gasteiger partial charge is 0.266 e. The Bertz CT molecular complexity index is 921. The molecule has 2 aromatic heterocycles. The Morgan fingerprint density at radius 1 is 1.04 bits per heavy atom. The average molecular weight is 399 g/mol. The summed E-state index contributed by atoms with van der Waals surface area (Å²) in [7, 11) is 0. The predicted octanol–water partition coefficient (Wildman–Crippen LogP) is 4.14. The molecule has 3 aromatic rings. The Morgan fingerprint density at radius 2 is 1.81 bits per heavy atom. The average Bonchev–Trinajstić information content (AvgIpc) is 3.15. The molecule has 3 rings (SSSR count). The molecule has 8 heteroatoms. The van der Waals surface area contributed by atoms with Gasteiger partial charge in [0.2, 0.25) is 5.91 Å². The van der Waals surface area contributed by atoms with Gasteiger partial charge in [0.15, 0.2) is 5.82 Å². The molecule has 0 unspecified atom stereocenters. The van der Waals surface area contributed by atoms with Gasteiger partial charge < -0.3 is 10.6 Å². The van der Waals surface area contributed by atoms with E-state index >= 15 is 0 Å². The Morgan fingerprint density at radius 3 is 2.44 bits per heavy atom. The second-order valence-corrected chi connectivity index (χ2v) is 7.84. The third-order valence-electron chi connectivity index (χ3n) is 3.48. The first-order valence-electron chi connectivity index (χ1n) is 8.19. The van der Waals surface area contributed by atoms with Gasteiger partial charge in [-0.2, -0.15) is 0 Å². The molecule has 2 heterocycles. The van der Waals surface area contributed by atoms with E-state index < -0.39 is 0 Å². The van der Waals surface area contributed by atoms with E-state index in [1.807, 2.05) is 37.4 Å². The fourth-order valence-corrected chi connectivity index (χ4v) is 3.67. The molecule has 6 nitrogen and oxygen atoms in total. The lowest BCUT2D eigenvalue weighted by atomic mass is 10.1. The highest BCUT2D eigenvalue weighted by atomic mass is 32.2. The molecule has 1 aromatic carbocycles. The van der Waals surface area contributed by atoms with Crippen molar-refractivity contribution in [1.82, 2.24) is 10.2 Å². The van der Waals surface area contributed by atoms with E-state index in [0.29, 0.717) is 15.7 Å². The highest BCUT2D eigenvalue weighted by Gasteiger charge is 2.09. The van der Waals surface area contributed by atoms with Crippen molar-refractivity contribution in [3.8, 4) is 0 Å². The quantitative estimate of drug-likeness (QED) is 0.610. The number of carbonyl (C=O) groups excluding carboxylic acids is 2. The third kappa shape index (κ3) is 5.63. The van der Waals surface area contributed by atoms with Gasteiger partial charge >= 0.3 is 0 Å². The first-order chi connectivity index (χ1) is 13.0. The molecule has 0 fully saturated rings. The van der Waals surface area contributed by atoms with Gasteiger partial charge in [-0.3, -0.25) is 9.59 Å². The molecule has 0 bridgehead atoms. The van der Waals surface area contributed by atoms with Crippen LogP contribution in [0.25, 0.3) is 0 Å². The largest absolute Gasteiger partial charge is 0.325 e. The van der Waals surface area contributed by atoms with E-state index in [9.17, 15) is 9.59 Å². The number of hydrogen-bond donors (Lipinski definition) is 2. The molecular weight excluding hydrogens is 380 g/mol. The van der Waals surface area contributed by atoms with Gasteiger partial charge in [0, 0.05) is 5.69 Å². The van der Waals surface area contributed by atoms with E-state index in [-0.39, 0.29) is 17.6 Å². The van der Waals surface area contributed by atoms with Crippen molar-refractivity contribution in [2.75, 3.05) is 16.4 Å². The number of aryl methyl sites for hydroxylation is 2. The Labute approximate surface area is 165 Å². The summed E-state index contributed by atoms with van der Waals surface area (Å²) in [5.41, 5.74) is 2.99. The maximum Gasteiger partial charge on any atom is 0.266 e. The SMILES string of the molecule is Cc1cc(C)cc(NC(=O)CSc2ccc(NC(=O)c3cccs3)nn2)c1. The van der Waals surface area contributed by atoms with E-state index in [1.165, 1.54) is 23.1 Å². The van der Waals surface area contributed by atoms with Gasteiger partial charge in [0.1, 0.15) is 5.03 Å². The van der Waals surface area contributed by atoms with Gasteiger partial charge in [-0.05, 0) is 60.7 Å². The lowest BCUT2D eigenvalue weighted by Crippen LogP contribution is -2.14. The van der Waals surface area contributed by atoms with Crippen LogP contribution in [-0.4, -0.2) is 27.8 Å². The number of nitrogens with one attached hydrogen (secondary N) is 2. The number of rotatable bonds is 6. The fourth-order valence-electron chi connectivity index (χ4n) is 2.43. The Balaban J connectivity index is 1.51. The highest BCUT2D eigenvalue weighted by Crippen LogP contribution is 2.18. The minimum absolute atomic E-state index is 0.109. The molecule has 2 N–H and O–H groups in total. The molecule has 0 aliphatic heterocycles. The molecule has 138 valence electrons. The van der Waals surface area contributed by atoms with Crippen LogP contribution in [0.5, 0.6) is 0 Å². The molecule has 2 amide bonds. The normalized spacial score (nSPS) is 10.4. The number of anilines is 2. The summed E-state index contributed by atoms with van der Waals surface area (Å²) in [4.78, 5) is 24.7. The van der Waals surface area contributed by atoms with Gasteiger partial charge in [-0.15, -0.1) is 21.5 Å². The molecule has 0 spiro atoms. The number of aromatic nitrogens is 2. The lowest BCUT2D eigenvalue weighted by Gasteiger charge is -2.07. The first-order valence-corrected chi connectivity index (χ1v) is 10.1. The molecule has 0 saturated heterocycles. The summed E-state index contributed by atoms with van der Waals surface area (Å²) in [6.07, 6.45) is 0. The van der Waals surface area contributed by atoms with E-state index in [2.05, 4.69) is 26.9 Å². The van der Waals surface area contributed by atoms with Crippen LogP contribution in [0, 0.1) is 13.8 Å². The van der Waals surface area contributed by atoms with Crippen LogP contribution in [-0.2, 0) is 4.79 Å². The molecule has 0 radical (unpaired) electrons. The van der Waals surface area contributed by atoms with Crippen LogP contribution < -0.4 is 10.6 Å². The Hall–Kier alpha value is -2.71. The fraction of sp³-hybridized carbons (Fsp3) is 0.158. The third-order valence-corrected chi connectivity index (χ3v) is 5.27. The van der Waals surface area contributed by atoms with E-state index in [0.717, 1.165) is 16.8 Å². The van der Waals surface area contributed by atoms with Crippen LogP contribution in [0.15, 0.2) is 52.9 Å². The molecule has 0 aliphatic carbocycles. The number of thiophene rings is 1. The van der Waals surface area contributed by atoms with Gasteiger partial charge in [-0.1, -0.05) is 23.9 Å². The van der Waals surface area contributed by atoms with Crippen molar-refractivity contribution in [1.29, 1.82) is 0 Å². The summed E-state index contributed by atoms with van der Waals surface area (Å²) in [5, 5.41) is 16.0. The number of thioether (sulfide) groups is 1. The monoisotopic (exact) mass is 398 g/mol. The zero-order valence-electron chi connectivity index (χ0n) is 14.9. The van der Waals surface area contributed by atoms with Gasteiger partial charge in [0.25, 0.3) is 5.91 Å². The van der Waals surface area contributed by atoms with Gasteiger partial charge in [-0.25, -0.2) is 0 Å². The summed E-state index contributed by atoms with van der Waals surface area (Å²) in [6, 6.07) is 12.9. The molecular formula is C19H18N4O2S2. The summed E-state index contributed by atoms with van der Waals surface area (Å²) in [6.45, 7) is 3.98. The number of hydrogen-bond acceptors (Lipinski definition) is 6. The van der Waals surface area contributed by atoms with Crippen molar-refractivity contribution in [3.05, 3.63) is 63.8 Å². The number of carbonyl (C=O) groups is 2. The maximum absolute atomic E-state index is 12.1. The van der Waals surface area contributed by atoms with Crippen LogP contribution >= 0.6 is 23.1 Å². The minimum Gasteiger partial charge on any atom is -0.325 e. The molecule has 0 atom stereocenters. The molecule has 27 heavy (non-hydrogen) atoms. The van der Waals surface area contributed by atoms with Gasteiger partial charge in [0.05, 0.1) is 10.6 Å². The molecule has 0 aliphatic rings. The zero-order valence-corrected chi connectivity index (χ0v) is 16.5. The second-order valence-electron chi connectivity index (χ2n) is 5.90. The zero-order chi connectivity index (χ0) is 19.2. The maximum atomic E-state index is 12.1. The van der Waals surface area contributed by atoms with Crippen LogP contribution in [0.3, 0.4) is 0 Å². The molecule has 0 saturated carbocycles. The summed E-state index contributed by atoms with van der Waals surface area (Å²) >= 11 is 2.64. The van der Waals surface area contributed by atoms with Crippen LogP contribution in [0.4, 0.5) is 11.5 Å².